The number of phenols is 1. The van der Waals surface area contributed by atoms with Crippen LogP contribution in [0.5, 0.6) is 5.75 Å². The van der Waals surface area contributed by atoms with E-state index in [0.29, 0.717) is 5.56 Å². The molecule has 0 aliphatic rings. The molecule has 0 aliphatic heterocycles. The molecule has 0 saturated heterocycles. The number of nitro groups is 2. The molecule has 0 atom stereocenters. The van der Waals surface area contributed by atoms with Crippen LogP contribution in [0.2, 0.25) is 0 Å². The number of azo groups is 1. The van der Waals surface area contributed by atoms with Crippen LogP contribution in [-0.2, 0) is 10.8 Å². The minimum Gasteiger partial charge on any atom is -0.505 e. The van der Waals surface area contributed by atoms with Gasteiger partial charge in [0, 0.05) is 11.6 Å². The zero-order valence-electron chi connectivity index (χ0n) is 17.3. The summed E-state index contributed by atoms with van der Waals surface area (Å²) in [5.41, 5.74) is 0.0957. The van der Waals surface area contributed by atoms with Crippen LogP contribution in [-0.4, -0.2) is 15.0 Å². The summed E-state index contributed by atoms with van der Waals surface area (Å²) < 4.78 is 0. The second-order valence-corrected chi connectivity index (χ2v) is 8.78. The van der Waals surface area contributed by atoms with Crippen molar-refractivity contribution in [2.45, 2.75) is 52.4 Å². The fraction of sp³-hybridized carbons (Fsp3) is 0.400. The van der Waals surface area contributed by atoms with Crippen molar-refractivity contribution in [2.24, 2.45) is 10.2 Å². The van der Waals surface area contributed by atoms with E-state index in [1.807, 2.05) is 47.6 Å². The van der Waals surface area contributed by atoms with Crippen molar-refractivity contribution in [3.63, 3.8) is 0 Å². The average Bonchev–Trinajstić information content (AvgIpc) is 2.58. The topological polar surface area (TPSA) is 131 Å². The quantitative estimate of drug-likeness (QED) is 0.370. The molecule has 0 unspecified atom stereocenters. The van der Waals surface area contributed by atoms with Crippen molar-refractivity contribution < 1.29 is 15.0 Å². The Morgan fingerprint density at radius 2 is 1.41 bits per heavy atom. The molecule has 2 rings (SSSR count). The van der Waals surface area contributed by atoms with Crippen LogP contribution in [0.25, 0.3) is 0 Å². The Labute approximate surface area is 168 Å². The Morgan fingerprint density at radius 1 is 0.828 bits per heavy atom. The summed E-state index contributed by atoms with van der Waals surface area (Å²) in [7, 11) is 0. The lowest BCUT2D eigenvalue weighted by atomic mass is 9.80. The third-order valence-corrected chi connectivity index (χ3v) is 4.40. The molecule has 9 heteroatoms. The molecule has 2 aromatic carbocycles. The maximum absolute atomic E-state index is 11.3. The lowest BCUT2D eigenvalue weighted by Gasteiger charge is -2.26. The Morgan fingerprint density at radius 3 is 1.90 bits per heavy atom. The van der Waals surface area contributed by atoms with Crippen LogP contribution in [0.15, 0.2) is 40.6 Å². The molecule has 29 heavy (non-hydrogen) atoms. The highest BCUT2D eigenvalue weighted by atomic mass is 16.6. The number of nitrogens with zero attached hydrogens (tertiary/aromatic N) is 4. The lowest BCUT2D eigenvalue weighted by molar-refractivity contribution is -0.393. The van der Waals surface area contributed by atoms with Gasteiger partial charge >= 0.3 is 5.69 Å². The van der Waals surface area contributed by atoms with Gasteiger partial charge in [0.05, 0.1) is 15.9 Å². The van der Waals surface area contributed by atoms with E-state index in [4.69, 9.17) is 0 Å². The molecule has 0 saturated carbocycles. The standard InChI is InChI=1S/C20H24N4O5/c1-19(2,3)12-9-14(20(4,5)6)18(25)16(10-12)22-21-15-8-7-13(23(26)27)11-17(15)24(28)29/h7-11,25H,1-6H3/b22-21+. The summed E-state index contributed by atoms with van der Waals surface area (Å²) in [5.74, 6) is -0.0567. The zero-order valence-corrected chi connectivity index (χ0v) is 17.3. The molecule has 0 radical (unpaired) electrons. The van der Waals surface area contributed by atoms with Crippen LogP contribution in [0.4, 0.5) is 22.7 Å². The summed E-state index contributed by atoms with van der Waals surface area (Å²) in [6.07, 6.45) is 0. The van der Waals surface area contributed by atoms with Crippen LogP contribution in [0.1, 0.15) is 52.7 Å². The van der Waals surface area contributed by atoms with Crippen LogP contribution < -0.4 is 0 Å². The van der Waals surface area contributed by atoms with Crippen LogP contribution in [0.3, 0.4) is 0 Å². The molecule has 154 valence electrons. The van der Waals surface area contributed by atoms with E-state index < -0.39 is 21.2 Å². The van der Waals surface area contributed by atoms with Crippen LogP contribution in [0, 0.1) is 20.2 Å². The molecular weight excluding hydrogens is 376 g/mol. The Balaban J connectivity index is 2.63. The van der Waals surface area contributed by atoms with Gasteiger partial charge in [-0.25, -0.2) is 0 Å². The minimum atomic E-state index is -0.757. The van der Waals surface area contributed by atoms with E-state index in [1.54, 1.807) is 6.07 Å². The van der Waals surface area contributed by atoms with Gasteiger partial charge in [0.15, 0.2) is 5.69 Å². The number of hydrogen-bond acceptors (Lipinski definition) is 7. The molecule has 9 nitrogen and oxygen atoms in total. The smallest absolute Gasteiger partial charge is 0.303 e. The fourth-order valence-electron chi connectivity index (χ4n) is 2.66. The van der Waals surface area contributed by atoms with Crippen molar-refractivity contribution >= 4 is 22.7 Å². The van der Waals surface area contributed by atoms with E-state index in [-0.39, 0.29) is 28.0 Å². The molecule has 0 bridgehead atoms. The van der Waals surface area contributed by atoms with Gasteiger partial charge in [-0.2, -0.15) is 0 Å². The average molecular weight is 400 g/mol. The van der Waals surface area contributed by atoms with Gasteiger partial charge in [0.25, 0.3) is 5.69 Å². The fourth-order valence-corrected chi connectivity index (χ4v) is 2.66. The zero-order chi connectivity index (χ0) is 22.1. The molecule has 1 N–H and O–H groups in total. The summed E-state index contributed by atoms with van der Waals surface area (Å²) in [6, 6.07) is 6.72. The summed E-state index contributed by atoms with van der Waals surface area (Å²) >= 11 is 0. The molecule has 0 aliphatic carbocycles. The number of rotatable bonds is 4. The van der Waals surface area contributed by atoms with Crippen molar-refractivity contribution in [1.82, 2.24) is 0 Å². The van der Waals surface area contributed by atoms with Gasteiger partial charge in [-0.1, -0.05) is 47.6 Å². The second kappa shape index (κ2) is 7.57. The Kier molecular flexibility index (Phi) is 5.73. The number of nitro benzene ring substituents is 2. The highest BCUT2D eigenvalue weighted by Gasteiger charge is 2.25. The van der Waals surface area contributed by atoms with Gasteiger partial charge in [-0.15, -0.1) is 10.2 Å². The monoisotopic (exact) mass is 400 g/mol. The van der Waals surface area contributed by atoms with E-state index in [9.17, 15) is 25.3 Å². The minimum absolute atomic E-state index is 0.0567. The molecule has 2 aromatic rings. The predicted octanol–water partition coefficient (Wildman–Crippen LogP) is 6.22. The predicted molar refractivity (Wildman–Crippen MR) is 109 cm³/mol. The maximum atomic E-state index is 11.3. The molecule has 0 aromatic heterocycles. The Bertz CT molecular complexity index is 1000. The van der Waals surface area contributed by atoms with Gasteiger partial charge in [-0.3, -0.25) is 20.2 Å². The van der Waals surface area contributed by atoms with E-state index >= 15 is 0 Å². The van der Waals surface area contributed by atoms with Crippen molar-refractivity contribution in [3.8, 4) is 5.75 Å². The number of hydrogen-bond donors (Lipinski definition) is 1. The Hall–Kier alpha value is -3.36. The number of benzene rings is 2. The maximum Gasteiger partial charge on any atom is 0.303 e. The number of aromatic hydroxyl groups is 1. The van der Waals surface area contributed by atoms with E-state index in [0.717, 1.165) is 23.8 Å². The first-order valence-electron chi connectivity index (χ1n) is 8.94. The third-order valence-electron chi connectivity index (χ3n) is 4.40. The molecule has 0 heterocycles. The van der Waals surface area contributed by atoms with Crippen molar-refractivity contribution in [2.75, 3.05) is 0 Å². The first-order chi connectivity index (χ1) is 13.2. The SMILES string of the molecule is CC(C)(C)c1cc(/N=N/c2ccc([N+](=O)[O-])cc2[N+](=O)[O-])c(O)c(C(C)(C)C)c1. The first-order valence-corrected chi connectivity index (χ1v) is 8.94. The largest absolute Gasteiger partial charge is 0.505 e. The van der Waals surface area contributed by atoms with E-state index in [2.05, 4.69) is 10.2 Å². The molecule has 0 spiro atoms. The summed E-state index contributed by atoms with van der Waals surface area (Å²) in [4.78, 5) is 20.7. The first kappa shape index (κ1) is 21.9. The van der Waals surface area contributed by atoms with Crippen molar-refractivity contribution in [3.05, 3.63) is 61.7 Å². The third kappa shape index (κ3) is 4.92. The summed E-state index contributed by atoms with van der Waals surface area (Å²) in [6.45, 7) is 11.9. The highest BCUT2D eigenvalue weighted by molar-refractivity contribution is 5.63. The number of non-ortho nitro benzene ring substituents is 1. The van der Waals surface area contributed by atoms with Gasteiger partial charge in [0.2, 0.25) is 0 Å². The molecule has 0 fully saturated rings. The second-order valence-electron chi connectivity index (χ2n) is 8.78. The normalized spacial score (nSPS) is 12.3. The van der Waals surface area contributed by atoms with E-state index in [1.165, 1.54) is 0 Å². The molecule has 0 amide bonds. The lowest BCUT2D eigenvalue weighted by Crippen LogP contribution is -2.16. The summed E-state index contributed by atoms with van der Waals surface area (Å²) in [5, 5.41) is 40.8. The van der Waals surface area contributed by atoms with Gasteiger partial charge < -0.3 is 5.11 Å². The van der Waals surface area contributed by atoms with Crippen molar-refractivity contribution in [1.29, 1.82) is 0 Å². The molecular formula is C20H24N4O5. The van der Waals surface area contributed by atoms with Crippen LogP contribution >= 0.6 is 0 Å². The highest BCUT2D eigenvalue weighted by Crippen LogP contribution is 2.42. The number of phenolic OH excluding ortho intramolecular Hbond substituents is 1. The van der Waals surface area contributed by atoms with Gasteiger partial charge in [-0.05, 0) is 28.5 Å². The van der Waals surface area contributed by atoms with Gasteiger partial charge in [0.1, 0.15) is 11.4 Å².